The van der Waals surface area contributed by atoms with Gasteiger partial charge >= 0.3 is 12.2 Å². The van der Waals surface area contributed by atoms with Crippen LogP contribution in [-0.4, -0.2) is 43.3 Å². The van der Waals surface area contributed by atoms with Crippen molar-refractivity contribution in [3.05, 3.63) is 59.5 Å². The van der Waals surface area contributed by atoms with E-state index in [1.807, 2.05) is 12.1 Å². The Bertz CT molecular complexity index is 773. The van der Waals surface area contributed by atoms with Crippen LogP contribution in [0.3, 0.4) is 0 Å². The van der Waals surface area contributed by atoms with E-state index in [-0.39, 0.29) is 18.7 Å². The normalized spacial score (nSPS) is 15.8. The van der Waals surface area contributed by atoms with Gasteiger partial charge in [-0.1, -0.05) is 24.3 Å². The molecule has 0 saturated carbocycles. The first-order chi connectivity index (χ1) is 14.4. The highest BCUT2D eigenvalue weighted by atomic mass is 19.4. The number of furan rings is 1. The Balaban J connectivity index is 1.41. The van der Waals surface area contributed by atoms with Gasteiger partial charge in [0.15, 0.2) is 0 Å². The van der Waals surface area contributed by atoms with E-state index in [9.17, 15) is 18.0 Å². The minimum absolute atomic E-state index is 0.00392. The van der Waals surface area contributed by atoms with Crippen molar-refractivity contribution >= 4 is 6.03 Å². The number of urea groups is 1. The van der Waals surface area contributed by atoms with Gasteiger partial charge in [0.25, 0.3) is 0 Å². The summed E-state index contributed by atoms with van der Waals surface area (Å²) in [5.74, 6) is 0.834. The number of carbonyl (C=O) groups excluding carboxylic acids is 1. The van der Waals surface area contributed by atoms with Crippen LogP contribution in [0.1, 0.15) is 35.8 Å². The summed E-state index contributed by atoms with van der Waals surface area (Å²) >= 11 is 0. The fourth-order valence-corrected chi connectivity index (χ4v) is 3.42. The molecule has 2 heterocycles. The van der Waals surface area contributed by atoms with Crippen molar-refractivity contribution in [2.45, 2.75) is 38.2 Å². The van der Waals surface area contributed by atoms with Crippen LogP contribution in [0, 0.1) is 0 Å². The molecule has 0 aliphatic carbocycles. The molecule has 1 fully saturated rings. The molecular weight excluding hydrogens is 399 g/mol. The summed E-state index contributed by atoms with van der Waals surface area (Å²) in [5.41, 5.74) is 1.48. The maximum atomic E-state index is 12.2. The van der Waals surface area contributed by atoms with Gasteiger partial charge in [0.2, 0.25) is 0 Å². The Morgan fingerprint density at radius 1 is 1.10 bits per heavy atom. The molecule has 1 saturated heterocycles. The highest BCUT2D eigenvalue weighted by Crippen LogP contribution is 2.24. The second-order valence-electron chi connectivity index (χ2n) is 7.26. The second kappa shape index (κ2) is 10.5. The predicted octanol–water partition coefficient (Wildman–Crippen LogP) is 3.99. The number of benzene rings is 1. The van der Waals surface area contributed by atoms with Gasteiger partial charge in [-0.15, -0.1) is 0 Å². The number of likely N-dealkylation sites (tertiary alicyclic amines) is 1. The second-order valence-corrected chi connectivity index (χ2v) is 7.26. The number of hydrogen-bond acceptors (Lipinski definition) is 4. The molecule has 2 aromatic rings. The predicted molar refractivity (Wildman–Crippen MR) is 105 cm³/mol. The number of ether oxygens (including phenoxy) is 1. The van der Waals surface area contributed by atoms with Gasteiger partial charge in [0, 0.05) is 13.1 Å². The summed E-state index contributed by atoms with van der Waals surface area (Å²) < 4.78 is 46.5. The lowest BCUT2D eigenvalue weighted by molar-refractivity contribution is -0.176. The van der Waals surface area contributed by atoms with Crippen LogP contribution in [0.4, 0.5) is 18.0 Å². The quantitative estimate of drug-likeness (QED) is 0.638. The lowest BCUT2D eigenvalue weighted by atomic mass is 10.1. The Morgan fingerprint density at radius 2 is 1.80 bits per heavy atom. The molecule has 1 aromatic carbocycles. The molecule has 0 spiro atoms. The molecule has 1 aromatic heterocycles. The standard InChI is InChI=1S/C21H26F3N3O3/c22-21(23,24)15-29-14-17-7-5-16(6-8-17)12-25-20(28)26-13-18(19-4-3-11-30-19)27-9-1-2-10-27/h3-8,11,18H,1-2,9-10,12-15H2,(H2,25,26,28). The lowest BCUT2D eigenvalue weighted by Crippen LogP contribution is -2.41. The van der Waals surface area contributed by atoms with Gasteiger partial charge < -0.3 is 19.8 Å². The third kappa shape index (κ3) is 7.07. The zero-order valence-corrected chi connectivity index (χ0v) is 16.6. The summed E-state index contributed by atoms with van der Waals surface area (Å²) in [5, 5.41) is 5.69. The maximum Gasteiger partial charge on any atom is 0.411 e. The van der Waals surface area contributed by atoms with E-state index < -0.39 is 12.8 Å². The van der Waals surface area contributed by atoms with Crippen LogP contribution in [-0.2, 0) is 17.9 Å². The third-order valence-electron chi connectivity index (χ3n) is 4.92. The average Bonchev–Trinajstić information content (AvgIpc) is 3.41. The van der Waals surface area contributed by atoms with Crippen molar-refractivity contribution in [2.75, 3.05) is 26.2 Å². The number of halogens is 3. The highest BCUT2D eigenvalue weighted by molar-refractivity contribution is 5.73. The van der Waals surface area contributed by atoms with Gasteiger partial charge in [-0.2, -0.15) is 13.2 Å². The minimum Gasteiger partial charge on any atom is -0.468 e. The Morgan fingerprint density at radius 3 is 2.43 bits per heavy atom. The van der Waals surface area contributed by atoms with Gasteiger partial charge in [0.1, 0.15) is 12.4 Å². The van der Waals surface area contributed by atoms with Crippen molar-refractivity contribution in [2.24, 2.45) is 0 Å². The zero-order chi connectivity index (χ0) is 21.4. The number of amides is 2. The van der Waals surface area contributed by atoms with E-state index in [0.29, 0.717) is 18.7 Å². The molecule has 1 aliphatic rings. The topological polar surface area (TPSA) is 66.7 Å². The third-order valence-corrected chi connectivity index (χ3v) is 4.92. The van der Waals surface area contributed by atoms with E-state index in [4.69, 9.17) is 4.42 Å². The summed E-state index contributed by atoms with van der Waals surface area (Å²) in [4.78, 5) is 14.5. The Hall–Kier alpha value is -2.52. The first kappa shape index (κ1) is 22.2. The summed E-state index contributed by atoms with van der Waals surface area (Å²) in [6, 6.07) is 10.4. The van der Waals surface area contributed by atoms with E-state index in [0.717, 1.165) is 37.3 Å². The van der Waals surface area contributed by atoms with Crippen molar-refractivity contribution in [1.29, 1.82) is 0 Å². The zero-order valence-electron chi connectivity index (χ0n) is 16.6. The lowest BCUT2D eigenvalue weighted by Gasteiger charge is -2.26. The monoisotopic (exact) mass is 425 g/mol. The number of rotatable bonds is 9. The molecule has 3 rings (SSSR count). The van der Waals surface area contributed by atoms with Crippen LogP contribution >= 0.6 is 0 Å². The van der Waals surface area contributed by atoms with Crippen molar-refractivity contribution in [1.82, 2.24) is 15.5 Å². The van der Waals surface area contributed by atoms with E-state index in [2.05, 4.69) is 20.3 Å². The molecule has 0 radical (unpaired) electrons. The summed E-state index contributed by atoms with van der Waals surface area (Å²) in [6.45, 7) is 1.33. The van der Waals surface area contributed by atoms with E-state index in [1.54, 1.807) is 30.5 Å². The minimum atomic E-state index is -4.33. The highest BCUT2D eigenvalue weighted by Gasteiger charge is 2.27. The molecule has 30 heavy (non-hydrogen) atoms. The molecule has 1 unspecified atom stereocenters. The van der Waals surface area contributed by atoms with Crippen LogP contribution in [0.25, 0.3) is 0 Å². The molecular formula is C21H26F3N3O3. The van der Waals surface area contributed by atoms with E-state index >= 15 is 0 Å². The molecule has 1 atom stereocenters. The molecule has 2 N–H and O–H groups in total. The first-order valence-electron chi connectivity index (χ1n) is 9.92. The summed E-state index contributed by atoms with van der Waals surface area (Å²) in [7, 11) is 0. The Kier molecular flexibility index (Phi) is 7.75. The van der Waals surface area contributed by atoms with Gasteiger partial charge in [0.05, 0.1) is 18.9 Å². The van der Waals surface area contributed by atoms with E-state index in [1.165, 1.54) is 0 Å². The van der Waals surface area contributed by atoms with Gasteiger partial charge in [-0.05, 0) is 49.2 Å². The maximum absolute atomic E-state index is 12.2. The average molecular weight is 425 g/mol. The molecule has 164 valence electrons. The molecule has 9 heteroatoms. The number of carbonyl (C=O) groups is 1. The van der Waals surface area contributed by atoms with Gasteiger partial charge in [-0.25, -0.2) is 4.79 Å². The van der Waals surface area contributed by atoms with Crippen LogP contribution in [0.2, 0.25) is 0 Å². The van der Waals surface area contributed by atoms with Gasteiger partial charge in [-0.3, -0.25) is 4.90 Å². The SMILES string of the molecule is O=C(NCc1ccc(COCC(F)(F)F)cc1)NCC(c1ccco1)N1CCCC1. The molecule has 0 bridgehead atoms. The smallest absolute Gasteiger partial charge is 0.411 e. The van der Waals surface area contributed by atoms with Crippen molar-refractivity contribution < 1.29 is 27.1 Å². The summed E-state index contributed by atoms with van der Waals surface area (Å²) in [6.07, 6.45) is -0.417. The van der Waals surface area contributed by atoms with Crippen LogP contribution in [0.5, 0.6) is 0 Å². The fourth-order valence-electron chi connectivity index (χ4n) is 3.42. The molecule has 6 nitrogen and oxygen atoms in total. The van der Waals surface area contributed by atoms with Crippen LogP contribution < -0.4 is 10.6 Å². The largest absolute Gasteiger partial charge is 0.468 e. The molecule has 1 aliphatic heterocycles. The first-order valence-corrected chi connectivity index (χ1v) is 9.92. The fraction of sp³-hybridized carbons (Fsp3) is 0.476. The Labute approximate surface area is 173 Å². The van der Waals surface area contributed by atoms with Crippen molar-refractivity contribution in [3.63, 3.8) is 0 Å². The molecule has 2 amide bonds. The van der Waals surface area contributed by atoms with Crippen LogP contribution in [0.15, 0.2) is 47.1 Å². The number of alkyl halides is 3. The number of hydrogen-bond donors (Lipinski definition) is 2. The number of nitrogens with zero attached hydrogens (tertiary/aromatic N) is 1. The number of nitrogens with one attached hydrogen (secondary N) is 2. The van der Waals surface area contributed by atoms with Crippen molar-refractivity contribution in [3.8, 4) is 0 Å².